The van der Waals surface area contributed by atoms with Crippen LogP contribution in [0.2, 0.25) is 0 Å². The van der Waals surface area contributed by atoms with Gasteiger partial charge < -0.3 is 15.4 Å². The number of rotatable bonds is 11. The molecule has 0 saturated heterocycles. The zero-order valence-electron chi connectivity index (χ0n) is 18.5. The van der Waals surface area contributed by atoms with Crippen molar-refractivity contribution in [2.75, 3.05) is 37.9 Å². The van der Waals surface area contributed by atoms with Crippen molar-refractivity contribution < 1.29 is 9.53 Å². The van der Waals surface area contributed by atoms with Gasteiger partial charge in [-0.1, -0.05) is 49.0 Å². The van der Waals surface area contributed by atoms with Crippen LogP contribution in [0.25, 0.3) is 22.3 Å². The Morgan fingerprint density at radius 2 is 2.06 bits per heavy atom. The van der Waals surface area contributed by atoms with E-state index in [0.717, 1.165) is 33.9 Å². The zero-order valence-corrected chi connectivity index (χ0v) is 19.4. The van der Waals surface area contributed by atoms with E-state index in [1.807, 2.05) is 30.3 Å². The van der Waals surface area contributed by atoms with Crippen LogP contribution in [-0.4, -0.2) is 68.4 Å². The summed E-state index contributed by atoms with van der Waals surface area (Å²) in [5, 5.41) is 19.2. The molecule has 3 heterocycles. The Morgan fingerprint density at radius 3 is 2.85 bits per heavy atom. The molecule has 0 unspecified atom stereocenters. The number of amides is 1. The summed E-state index contributed by atoms with van der Waals surface area (Å²) in [5.74, 6) is 1.37. The minimum Gasteiger partial charge on any atom is -0.383 e. The maximum absolute atomic E-state index is 12.6. The van der Waals surface area contributed by atoms with Crippen molar-refractivity contribution in [2.45, 2.75) is 18.6 Å². The first-order chi connectivity index (χ1) is 16.2. The van der Waals surface area contributed by atoms with Crippen LogP contribution in [-0.2, 0) is 11.3 Å². The van der Waals surface area contributed by atoms with Crippen LogP contribution in [0.5, 0.6) is 0 Å². The van der Waals surface area contributed by atoms with E-state index in [-0.39, 0.29) is 5.91 Å². The topological polar surface area (TPSA) is 123 Å². The highest BCUT2D eigenvalue weighted by Gasteiger charge is 2.14. The molecule has 11 heteroatoms. The Bertz CT molecular complexity index is 1210. The maximum atomic E-state index is 12.6. The number of hydrogen-bond acceptors (Lipinski definition) is 8. The molecule has 172 valence electrons. The van der Waals surface area contributed by atoms with Crippen LogP contribution in [0, 0.1) is 0 Å². The number of hydrogen-bond donors (Lipinski definition) is 3. The van der Waals surface area contributed by atoms with Gasteiger partial charge in [0.15, 0.2) is 10.8 Å². The van der Waals surface area contributed by atoms with Crippen molar-refractivity contribution in [1.82, 2.24) is 35.3 Å². The third-order valence-corrected chi connectivity index (χ3v) is 5.58. The summed E-state index contributed by atoms with van der Waals surface area (Å²) < 4.78 is 6.90. The third kappa shape index (κ3) is 5.49. The minimum atomic E-state index is -0.222. The SMILES string of the molecule is CCSc1nc(NCCOC)c2cnn(CCNC(=O)c3cc(-c4ccccc4)n[nH]3)c2n1. The van der Waals surface area contributed by atoms with Crippen LogP contribution in [0.3, 0.4) is 0 Å². The highest BCUT2D eigenvalue weighted by molar-refractivity contribution is 7.99. The Kier molecular flexibility index (Phi) is 7.53. The summed E-state index contributed by atoms with van der Waals surface area (Å²) in [6, 6.07) is 11.5. The number of aromatic nitrogens is 6. The van der Waals surface area contributed by atoms with Gasteiger partial charge in [0.1, 0.15) is 11.5 Å². The predicted octanol–water partition coefficient (Wildman–Crippen LogP) is 2.82. The fourth-order valence-corrected chi connectivity index (χ4v) is 3.83. The lowest BCUT2D eigenvalue weighted by Gasteiger charge is -2.09. The number of nitrogens with zero attached hydrogens (tertiary/aromatic N) is 5. The van der Waals surface area contributed by atoms with Gasteiger partial charge in [-0.05, 0) is 11.8 Å². The first-order valence-corrected chi connectivity index (χ1v) is 11.7. The molecule has 0 aliphatic rings. The zero-order chi connectivity index (χ0) is 23.0. The number of thioether (sulfide) groups is 1. The molecule has 4 rings (SSSR count). The predicted molar refractivity (Wildman–Crippen MR) is 128 cm³/mol. The molecular formula is C22H26N8O2S. The monoisotopic (exact) mass is 466 g/mol. The number of ether oxygens (including phenoxy) is 1. The smallest absolute Gasteiger partial charge is 0.269 e. The number of anilines is 1. The summed E-state index contributed by atoms with van der Waals surface area (Å²) in [7, 11) is 1.66. The standard InChI is InChI=1S/C22H26N8O2S/c1-3-33-22-26-19(23-10-12-32-2)16-14-25-30(20(16)27-22)11-9-24-21(31)18-13-17(28-29-18)15-7-5-4-6-8-15/h4-8,13-14H,3,9-12H2,1-2H3,(H,24,31)(H,28,29)(H,23,26,27). The number of methoxy groups -OCH3 is 1. The molecule has 0 saturated carbocycles. The van der Waals surface area contributed by atoms with Crippen LogP contribution in [0.15, 0.2) is 47.8 Å². The third-order valence-electron chi connectivity index (χ3n) is 4.85. The number of aromatic amines is 1. The number of fused-ring (bicyclic) bond motifs is 1. The molecule has 0 aliphatic heterocycles. The molecule has 1 amide bonds. The maximum Gasteiger partial charge on any atom is 0.269 e. The normalized spacial score (nSPS) is 11.1. The van der Waals surface area contributed by atoms with E-state index in [2.05, 4.69) is 42.8 Å². The molecule has 4 aromatic rings. The average Bonchev–Trinajstić information content (AvgIpc) is 3.48. The Balaban J connectivity index is 1.42. The lowest BCUT2D eigenvalue weighted by molar-refractivity contribution is 0.0947. The molecule has 3 aromatic heterocycles. The number of carbonyl (C=O) groups excluding carboxylic acids is 1. The lowest BCUT2D eigenvalue weighted by Crippen LogP contribution is -2.27. The first kappa shape index (κ1) is 22.7. The van der Waals surface area contributed by atoms with Gasteiger partial charge in [-0.2, -0.15) is 10.2 Å². The van der Waals surface area contributed by atoms with Crippen LogP contribution >= 0.6 is 11.8 Å². The molecule has 10 nitrogen and oxygen atoms in total. The van der Waals surface area contributed by atoms with Crippen molar-refractivity contribution in [1.29, 1.82) is 0 Å². The van der Waals surface area contributed by atoms with Crippen molar-refractivity contribution in [3.05, 3.63) is 48.3 Å². The van der Waals surface area contributed by atoms with Gasteiger partial charge >= 0.3 is 0 Å². The van der Waals surface area contributed by atoms with Gasteiger partial charge in [0.05, 0.1) is 30.4 Å². The summed E-state index contributed by atoms with van der Waals surface area (Å²) in [4.78, 5) is 21.8. The minimum absolute atomic E-state index is 0.222. The lowest BCUT2D eigenvalue weighted by atomic mass is 10.1. The van der Waals surface area contributed by atoms with E-state index >= 15 is 0 Å². The van der Waals surface area contributed by atoms with Gasteiger partial charge in [0, 0.05) is 25.8 Å². The van der Waals surface area contributed by atoms with Crippen molar-refractivity contribution in [3.8, 4) is 11.3 Å². The first-order valence-electron chi connectivity index (χ1n) is 10.7. The molecule has 0 fully saturated rings. The summed E-state index contributed by atoms with van der Waals surface area (Å²) in [5.41, 5.74) is 2.81. The van der Waals surface area contributed by atoms with E-state index in [4.69, 9.17) is 4.74 Å². The summed E-state index contributed by atoms with van der Waals surface area (Å²) in [6.07, 6.45) is 1.74. The molecule has 0 aliphatic carbocycles. The second-order valence-electron chi connectivity index (χ2n) is 7.10. The van der Waals surface area contributed by atoms with Gasteiger partial charge in [-0.25, -0.2) is 14.6 Å². The van der Waals surface area contributed by atoms with E-state index in [1.54, 1.807) is 35.8 Å². The van der Waals surface area contributed by atoms with Crippen LogP contribution < -0.4 is 10.6 Å². The van der Waals surface area contributed by atoms with E-state index in [9.17, 15) is 4.79 Å². The number of nitrogens with one attached hydrogen (secondary N) is 3. The number of carbonyl (C=O) groups is 1. The van der Waals surface area contributed by atoms with Gasteiger partial charge in [0.2, 0.25) is 0 Å². The van der Waals surface area contributed by atoms with Gasteiger partial charge in [-0.15, -0.1) is 0 Å². The van der Waals surface area contributed by atoms with Gasteiger partial charge in [0.25, 0.3) is 5.91 Å². The molecule has 1 aromatic carbocycles. The Labute approximate surface area is 195 Å². The quantitative estimate of drug-likeness (QED) is 0.175. The Morgan fingerprint density at radius 1 is 1.21 bits per heavy atom. The summed E-state index contributed by atoms with van der Waals surface area (Å²) in [6.45, 7) is 4.13. The summed E-state index contributed by atoms with van der Waals surface area (Å²) >= 11 is 1.57. The fraction of sp³-hybridized carbons (Fsp3) is 0.318. The highest BCUT2D eigenvalue weighted by atomic mass is 32.2. The van der Waals surface area contributed by atoms with Crippen LogP contribution in [0.1, 0.15) is 17.4 Å². The molecular weight excluding hydrogens is 440 g/mol. The number of benzene rings is 1. The average molecular weight is 467 g/mol. The van der Waals surface area contributed by atoms with Crippen molar-refractivity contribution >= 4 is 34.5 Å². The van der Waals surface area contributed by atoms with E-state index in [0.29, 0.717) is 37.1 Å². The second kappa shape index (κ2) is 10.9. The van der Waals surface area contributed by atoms with E-state index < -0.39 is 0 Å². The van der Waals surface area contributed by atoms with Gasteiger partial charge in [-0.3, -0.25) is 9.89 Å². The number of H-pyrrole nitrogens is 1. The molecule has 0 radical (unpaired) electrons. The Hall–Kier alpha value is -3.44. The molecule has 33 heavy (non-hydrogen) atoms. The largest absolute Gasteiger partial charge is 0.383 e. The van der Waals surface area contributed by atoms with Crippen molar-refractivity contribution in [2.24, 2.45) is 0 Å². The molecule has 0 atom stereocenters. The molecule has 3 N–H and O–H groups in total. The fourth-order valence-electron chi connectivity index (χ4n) is 3.26. The molecule has 0 spiro atoms. The van der Waals surface area contributed by atoms with Crippen molar-refractivity contribution in [3.63, 3.8) is 0 Å². The highest BCUT2D eigenvalue weighted by Crippen LogP contribution is 2.24. The molecule has 0 bridgehead atoms. The second-order valence-corrected chi connectivity index (χ2v) is 8.33. The van der Waals surface area contributed by atoms with Crippen LogP contribution in [0.4, 0.5) is 5.82 Å². The van der Waals surface area contributed by atoms with E-state index in [1.165, 1.54) is 0 Å².